The van der Waals surface area contributed by atoms with Crippen LogP contribution in [0.5, 0.6) is 0 Å². The van der Waals surface area contributed by atoms with Crippen LogP contribution in [0.15, 0.2) is 42.1 Å². The molecule has 3 aliphatic rings. The molecular formula is C23H33ClN2O. The number of aryl methyl sites for hydroxylation is 1. The quantitative estimate of drug-likeness (QED) is 0.524. The SMILES string of the molecule is CC.CN1CC2(CCC2)C1.Cc1cc(C=O)ccc1NC1=CC=CC(Cl)C1. The van der Waals surface area contributed by atoms with Gasteiger partial charge in [-0.1, -0.05) is 32.4 Å². The fourth-order valence-corrected chi connectivity index (χ4v) is 4.15. The third-order valence-electron chi connectivity index (χ3n) is 5.34. The molecule has 2 fully saturated rings. The summed E-state index contributed by atoms with van der Waals surface area (Å²) in [6.07, 6.45) is 12.1. The number of allylic oxidation sites excluding steroid dienone is 4. The number of nitrogens with one attached hydrogen (secondary N) is 1. The van der Waals surface area contributed by atoms with E-state index in [1.54, 1.807) is 6.07 Å². The summed E-state index contributed by atoms with van der Waals surface area (Å²) < 4.78 is 0. The molecule has 1 atom stereocenters. The highest BCUT2D eigenvalue weighted by atomic mass is 35.5. The minimum absolute atomic E-state index is 0.0528. The van der Waals surface area contributed by atoms with Crippen LogP contribution in [-0.2, 0) is 0 Å². The van der Waals surface area contributed by atoms with Crippen molar-refractivity contribution in [2.75, 3.05) is 25.5 Å². The summed E-state index contributed by atoms with van der Waals surface area (Å²) in [5, 5.41) is 3.39. The zero-order valence-corrected chi connectivity index (χ0v) is 17.9. The Morgan fingerprint density at radius 1 is 1.26 bits per heavy atom. The van der Waals surface area contributed by atoms with Gasteiger partial charge in [0, 0.05) is 36.5 Å². The Hall–Kier alpha value is -1.58. The third kappa shape index (κ3) is 5.95. The smallest absolute Gasteiger partial charge is 0.150 e. The van der Waals surface area contributed by atoms with Gasteiger partial charge < -0.3 is 10.2 Å². The summed E-state index contributed by atoms with van der Waals surface area (Å²) in [6.45, 7) is 8.74. The summed E-state index contributed by atoms with van der Waals surface area (Å²) in [7, 11) is 2.21. The van der Waals surface area contributed by atoms with E-state index in [1.165, 1.54) is 32.4 Å². The van der Waals surface area contributed by atoms with Crippen molar-refractivity contribution in [1.29, 1.82) is 0 Å². The van der Waals surface area contributed by atoms with E-state index < -0.39 is 0 Å². The van der Waals surface area contributed by atoms with Crippen LogP contribution in [0, 0.1) is 12.3 Å². The zero-order valence-electron chi connectivity index (χ0n) is 17.1. The Labute approximate surface area is 169 Å². The molecule has 0 bridgehead atoms. The number of anilines is 1. The molecule has 2 aliphatic carbocycles. The molecule has 148 valence electrons. The molecule has 1 saturated carbocycles. The molecule has 1 spiro atoms. The molecule has 1 aromatic carbocycles. The number of nitrogens with zero attached hydrogens (tertiary/aromatic N) is 1. The Balaban J connectivity index is 0.000000216. The molecule has 0 amide bonds. The summed E-state index contributed by atoms with van der Waals surface area (Å²) in [5.74, 6) is 0. The van der Waals surface area contributed by atoms with E-state index in [4.69, 9.17) is 11.6 Å². The lowest BCUT2D eigenvalue weighted by molar-refractivity contribution is -0.0436. The van der Waals surface area contributed by atoms with Crippen molar-refractivity contribution in [1.82, 2.24) is 4.90 Å². The van der Waals surface area contributed by atoms with E-state index in [-0.39, 0.29) is 5.38 Å². The molecule has 1 aliphatic heterocycles. The molecule has 0 aromatic heterocycles. The van der Waals surface area contributed by atoms with Crippen molar-refractivity contribution in [3.63, 3.8) is 0 Å². The van der Waals surface area contributed by atoms with Gasteiger partial charge in [0.1, 0.15) is 6.29 Å². The average Bonchev–Trinajstić information content (AvgIpc) is 2.61. The monoisotopic (exact) mass is 388 g/mol. The van der Waals surface area contributed by atoms with Crippen LogP contribution in [0.3, 0.4) is 0 Å². The summed E-state index contributed by atoms with van der Waals surface area (Å²) in [4.78, 5) is 13.1. The molecule has 0 radical (unpaired) electrons. The van der Waals surface area contributed by atoms with Crippen LogP contribution in [0.4, 0.5) is 5.69 Å². The van der Waals surface area contributed by atoms with Gasteiger partial charge in [-0.15, -0.1) is 11.6 Å². The van der Waals surface area contributed by atoms with Gasteiger partial charge >= 0.3 is 0 Å². The van der Waals surface area contributed by atoms with E-state index in [2.05, 4.69) is 17.3 Å². The van der Waals surface area contributed by atoms with E-state index in [1.807, 2.05) is 51.1 Å². The number of aldehydes is 1. The zero-order chi connectivity index (χ0) is 19.9. The van der Waals surface area contributed by atoms with Crippen molar-refractivity contribution in [2.45, 2.75) is 51.8 Å². The molecule has 4 rings (SSSR count). The number of alkyl halides is 1. The molecule has 1 unspecified atom stereocenters. The Morgan fingerprint density at radius 3 is 2.41 bits per heavy atom. The highest BCUT2D eigenvalue weighted by molar-refractivity contribution is 6.22. The van der Waals surface area contributed by atoms with E-state index in [9.17, 15) is 4.79 Å². The number of rotatable bonds is 3. The number of hydrogen-bond acceptors (Lipinski definition) is 3. The van der Waals surface area contributed by atoms with Gasteiger partial charge in [-0.3, -0.25) is 4.79 Å². The van der Waals surface area contributed by atoms with Gasteiger partial charge in [0.05, 0.1) is 5.38 Å². The molecule has 1 N–H and O–H groups in total. The van der Waals surface area contributed by atoms with Crippen LogP contribution >= 0.6 is 11.6 Å². The standard InChI is InChI=1S/C14H14ClNO.C7H13N.C2H6/c1-10-7-11(9-17)5-6-14(10)16-13-4-2-3-12(15)8-13;1-8-5-7(6-8)3-2-4-7;1-2/h2-7,9,12,16H,8H2,1H3;2-6H2,1H3;1-2H3. The van der Waals surface area contributed by atoms with Crippen molar-refractivity contribution in [3.05, 3.63) is 53.3 Å². The Kier molecular flexibility index (Phi) is 8.12. The molecule has 27 heavy (non-hydrogen) atoms. The van der Waals surface area contributed by atoms with Gasteiger partial charge in [-0.25, -0.2) is 0 Å². The number of likely N-dealkylation sites (tertiary alicyclic amines) is 1. The van der Waals surface area contributed by atoms with Crippen molar-refractivity contribution >= 4 is 23.6 Å². The number of benzene rings is 1. The first-order valence-electron chi connectivity index (χ1n) is 10.0. The predicted octanol–water partition coefficient (Wildman–Crippen LogP) is 5.80. The topological polar surface area (TPSA) is 32.3 Å². The van der Waals surface area contributed by atoms with Crippen LogP contribution in [0.1, 0.15) is 55.5 Å². The minimum Gasteiger partial charge on any atom is -0.359 e. The van der Waals surface area contributed by atoms with Gasteiger partial charge in [0.2, 0.25) is 0 Å². The van der Waals surface area contributed by atoms with E-state index in [0.29, 0.717) is 5.56 Å². The number of hydrogen-bond donors (Lipinski definition) is 1. The first-order chi connectivity index (χ1) is 13.0. The predicted molar refractivity (Wildman–Crippen MR) is 117 cm³/mol. The fraction of sp³-hybridized carbons (Fsp3) is 0.522. The van der Waals surface area contributed by atoms with Crippen molar-refractivity contribution in [2.24, 2.45) is 5.41 Å². The van der Waals surface area contributed by atoms with E-state index in [0.717, 1.165) is 35.1 Å². The molecule has 1 aromatic rings. The Bertz CT molecular complexity index is 684. The summed E-state index contributed by atoms with van der Waals surface area (Å²) in [5.41, 5.74) is 4.70. The fourth-order valence-electron chi connectivity index (χ4n) is 3.90. The van der Waals surface area contributed by atoms with Gasteiger partial charge in [-0.2, -0.15) is 0 Å². The largest absolute Gasteiger partial charge is 0.359 e. The third-order valence-corrected chi connectivity index (χ3v) is 5.64. The molecule has 3 nitrogen and oxygen atoms in total. The minimum atomic E-state index is 0.0528. The maximum Gasteiger partial charge on any atom is 0.150 e. The second-order valence-electron chi connectivity index (χ2n) is 7.64. The maximum atomic E-state index is 10.6. The number of halogens is 1. The van der Waals surface area contributed by atoms with Crippen molar-refractivity contribution in [3.8, 4) is 0 Å². The number of carbonyl (C=O) groups is 1. The lowest BCUT2D eigenvalue weighted by atomic mass is 9.64. The second-order valence-corrected chi connectivity index (χ2v) is 8.20. The normalized spacial score (nSPS) is 22.1. The summed E-state index contributed by atoms with van der Waals surface area (Å²) in [6, 6.07) is 5.59. The van der Waals surface area contributed by atoms with Gasteiger partial charge in [0.25, 0.3) is 0 Å². The van der Waals surface area contributed by atoms with Crippen LogP contribution in [-0.4, -0.2) is 36.7 Å². The average molecular weight is 389 g/mol. The number of carbonyl (C=O) groups excluding carboxylic acids is 1. The van der Waals surface area contributed by atoms with Gasteiger partial charge in [0.15, 0.2) is 0 Å². The summed E-state index contributed by atoms with van der Waals surface area (Å²) >= 11 is 6.05. The van der Waals surface area contributed by atoms with Crippen LogP contribution in [0.25, 0.3) is 0 Å². The molecule has 1 heterocycles. The lowest BCUT2D eigenvalue weighted by Crippen LogP contribution is -2.57. The first-order valence-corrected chi connectivity index (χ1v) is 10.5. The molecular weight excluding hydrogens is 356 g/mol. The first kappa shape index (κ1) is 21.7. The van der Waals surface area contributed by atoms with Crippen LogP contribution < -0.4 is 5.32 Å². The van der Waals surface area contributed by atoms with Crippen LogP contribution in [0.2, 0.25) is 0 Å². The Morgan fingerprint density at radius 2 is 1.96 bits per heavy atom. The molecule has 1 saturated heterocycles. The maximum absolute atomic E-state index is 10.6. The highest BCUT2D eigenvalue weighted by Crippen LogP contribution is 2.47. The van der Waals surface area contributed by atoms with E-state index >= 15 is 0 Å². The lowest BCUT2D eigenvalue weighted by Gasteiger charge is -2.54. The molecule has 4 heteroatoms. The second kappa shape index (κ2) is 10.1. The van der Waals surface area contributed by atoms with Crippen molar-refractivity contribution < 1.29 is 4.79 Å². The highest BCUT2D eigenvalue weighted by Gasteiger charge is 2.45. The van der Waals surface area contributed by atoms with Gasteiger partial charge in [-0.05, 0) is 62.1 Å².